The van der Waals surface area contributed by atoms with E-state index in [-0.39, 0.29) is 21.6 Å². The largest absolute Gasteiger partial charge is 0.514 e. The first-order valence-corrected chi connectivity index (χ1v) is 14.6. The van der Waals surface area contributed by atoms with Crippen LogP contribution in [-0.4, -0.2) is 46.9 Å². The van der Waals surface area contributed by atoms with Crippen LogP contribution >= 0.6 is 11.3 Å². The third kappa shape index (κ3) is 7.38. The van der Waals surface area contributed by atoms with Crippen molar-refractivity contribution < 1.29 is 65.6 Å². The number of ether oxygens (including phenoxy) is 3. The smallest absolute Gasteiger partial charge is 0.486 e. The number of carbonyl (C=O) groups excluding carboxylic acids is 2. The molecular weight excluding hydrogens is 669 g/mol. The zero-order valence-electron chi connectivity index (χ0n) is 24.8. The lowest BCUT2D eigenvalue weighted by molar-refractivity contribution is -0.160. The lowest BCUT2D eigenvalue weighted by atomic mass is 9.87. The van der Waals surface area contributed by atoms with Crippen molar-refractivity contribution in [3.05, 3.63) is 99.7 Å². The van der Waals surface area contributed by atoms with Crippen LogP contribution in [0.4, 0.5) is 32.4 Å². The summed E-state index contributed by atoms with van der Waals surface area (Å²) in [7, 11) is 0. The molecule has 0 saturated carbocycles. The molecule has 48 heavy (non-hydrogen) atoms. The SMILES string of the molecule is CC(C)Oc1c(NC(=O)c2ccccc2-c2ccc(C(F)(F)F)cc2)cc(F)c(OC(=O)OCC(C(=O)O)(C(=O)O)c2cccs2)c1F. The van der Waals surface area contributed by atoms with Gasteiger partial charge in [-0.05, 0) is 54.6 Å². The lowest BCUT2D eigenvalue weighted by Gasteiger charge is -2.23. The lowest BCUT2D eigenvalue weighted by Crippen LogP contribution is -2.47. The van der Waals surface area contributed by atoms with E-state index < -0.39 is 82.7 Å². The number of thiophene rings is 1. The van der Waals surface area contributed by atoms with E-state index in [9.17, 15) is 42.6 Å². The fourth-order valence-electron chi connectivity index (χ4n) is 4.38. The third-order valence-corrected chi connectivity index (χ3v) is 7.72. The Bertz CT molecular complexity index is 1830. The van der Waals surface area contributed by atoms with Crippen LogP contribution in [0.1, 0.15) is 34.6 Å². The molecule has 0 aliphatic carbocycles. The van der Waals surface area contributed by atoms with Crippen LogP contribution in [0.5, 0.6) is 11.5 Å². The Hall–Kier alpha value is -5.51. The van der Waals surface area contributed by atoms with Gasteiger partial charge >= 0.3 is 24.3 Å². The van der Waals surface area contributed by atoms with Gasteiger partial charge in [0.15, 0.2) is 11.6 Å². The van der Waals surface area contributed by atoms with Crippen LogP contribution in [0.15, 0.2) is 72.1 Å². The standard InChI is InChI=1S/C32H24F5NO9S/c1-16(2)46-26-22(38-27(39)20-7-4-3-6-19(20)17-9-11-18(12-10-17)32(35,36)37)14-21(33)25(24(26)34)47-30(44)45-15-31(28(40)41,29(42)43)23-8-5-13-48-23/h3-14,16H,15H2,1-2H3,(H,38,39)(H,40,41)(H,42,43). The highest BCUT2D eigenvalue weighted by Crippen LogP contribution is 2.39. The number of carboxylic acid groups (broad SMARTS) is 2. The summed E-state index contributed by atoms with van der Waals surface area (Å²) in [5.41, 5.74) is -3.86. The molecule has 0 atom stereocenters. The molecule has 0 saturated heterocycles. The Balaban J connectivity index is 1.62. The predicted molar refractivity (Wildman–Crippen MR) is 160 cm³/mol. The van der Waals surface area contributed by atoms with Gasteiger partial charge < -0.3 is 29.7 Å². The van der Waals surface area contributed by atoms with E-state index in [0.29, 0.717) is 6.07 Å². The summed E-state index contributed by atoms with van der Waals surface area (Å²) < 4.78 is 84.8. The second-order valence-corrected chi connectivity index (χ2v) is 11.2. The summed E-state index contributed by atoms with van der Waals surface area (Å²) in [6, 6.07) is 12.9. The number of hydrogen-bond donors (Lipinski definition) is 3. The highest BCUT2D eigenvalue weighted by molar-refractivity contribution is 7.10. The summed E-state index contributed by atoms with van der Waals surface area (Å²) in [5, 5.41) is 23.0. The first-order chi connectivity index (χ1) is 22.6. The van der Waals surface area contributed by atoms with Crippen LogP contribution in [0, 0.1) is 11.6 Å². The maximum atomic E-state index is 15.7. The fraction of sp³-hybridized carbons (Fsp3) is 0.188. The highest BCUT2D eigenvalue weighted by atomic mass is 32.1. The van der Waals surface area contributed by atoms with Crippen LogP contribution in [0.25, 0.3) is 11.1 Å². The summed E-state index contributed by atoms with van der Waals surface area (Å²) in [5.74, 6) is -10.0. The number of nitrogens with one attached hydrogen (secondary N) is 1. The summed E-state index contributed by atoms with van der Waals surface area (Å²) in [4.78, 5) is 49.5. The van der Waals surface area contributed by atoms with Crippen molar-refractivity contribution in [2.45, 2.75) is 31.5 Å². The molecule has 4 aromatic rings. The molecule has 0 aliphatic rings. The molecule has 0 unspecified atom stereocenters. The first-order valence-electron chi connectivity index (χ1n) is 13.7. The van der Waals surface area contributed by atoms with E-state index >= 15 is 8.78 Å². The number of rotatable bonds is 11. The molecule has 0 radical (unpaired) electrons. The summed E-state index contributed by atoms with van der Waals surface area (Å²) >= 11 is 0.755. The average molecular weight is 694 g/mol. The van der Waals surface area contributed by atoms with E-state index in [1.165, 1.54) is 55.6 Å². The van der Waals surface area contributed by atoms with Crippen molar-refractivity contribution in [1.29, 1.82) is 0 Å². The molecule has 4 rings (SSSR count). The number of alkyl halides is 3. The molecule has 10 nitrogen and oxygen atoms in total. The van der Waals surface area contributed by atoms with Gasteiger partial charge in [-0.1, -0.05) is 36.4 Å². The molecule has 1 aromatic heterocycles. The number of amides is 1. The van der Waals surface area contributed by atoms with Crippen LogP contribution in [0.3, 0.4) is 0 Å². The van der Waals surface area contributed by atoms with Crippen molar-refractivity contribution >= 4 is 41.0 Å². The summed E-state index contributed by atoms with van der Waals surface area (Å²) in [6.45, 7) is 1.62. The normalized spacial score (nSPS) is 11.6. The van der Waals surface area contributed by atoms with Crippen molar-refractivity contribution in [2.24, 2.45) is 0 Å². The Labute approximate surface area is 272 Å². The van der Waals surface area contributed by atoms with E-state index in [1.807, 2.05) is 0 Å². The second-order valence-electron chi connectivity index (χ2n) is 10.3. The first kappa shape index (κ1) is 35.3. The molecule has 3 N–H and O–H groups in total. The van der Waals surface area contributed by atoms with Gasteiger partial charge in [0, 0.05) is 16.5 Å². The summed E-state index contributed by atoms with van der Waals surface area (Å²) in [6.07, 6.45) is -7.22. The molecule has 1 heterocycles. The van der Waals surface area contributed by atoms with Gasteiger partial charge in [-0.3, -0.25) is 14.4 Å². The zero-order chi connectivity index (χ0) is 35.4. The molecule has 0 spiro atoms. The topological polar surface area (TPSA) is 148 Å². The Kier molecular flexibility index (Phi) is 10.4. The van der Waals surface area contributed by atoms with E-state index in [2.05, 4.69) is 10.1 Å². The highest BCUT2D eigenvalue weighted by Gasteiger charge is 2.51. The molecule has 3 aromatic carbocycles. The van der Waals surface area contributed by atoms with Crippen molar-refractivity contribution in [1.82, 2.24) is 0 Å². The Morgan fingerprint density at radius 1 is 0.896 bits per heavy atom. The van der Waals surface area contributed by atoms with E-state index in [1.54, 1.807) is 0 Å². The van der Waals surface area contributed by atoms with Gasteiger partial charge in [-0.25, -0.2) is 9.18 Å². The van der Waals surface area contributed by atoms with Gasteiger partial charge in [0.25, 0.3) is 5.91 Å². The monoisotopic (exact) mass is 693 g/mol. The number of anilines is 1. The molecule has 0 fully saturated rings. The average Bonchev–Trinajstić information content (AvgIpc) is 3.56. The number of carboxylic acids is 2. The predicted octanol–water partition coefficient (Wildman–Crippen LogP) is 7.37. The van der Waals surface area contributed by atoms with Crippen molar-refractivity contribution in [2.75, 3.05) is 11.9 Å². The molecule has 16 heteroatoms. The maximum Gasteiger partial charge on any atom is 0.514 e. The number of carbonyl (C=O) groups is 4. The number of benzene rings is 3. The van der Waals surface area contributed by atoms with Gasteiger partial charge in [-0.15, -0.1) is 11.3 Å². The molecule has 0 bridgehead atoms. The Morgan fingerprint density at radius 2 is 1.54 bits per heavy atom. The van der Waals surface area contributed by atoms with Crippen LogP contribution in [-0.2, 0) is 25.9 Å². The number of aliphatic carboxylic acids is 2. The quantitative estimate of drug-likeness (QED) is 0.0634. The van der Waals surface area contributed by atoms with Crippen molar-refractivity contribution in [3.63, 3.8) is 0 Å². The number of hydrogen-bond acceptors (Lipinski definition) is 8. The van der Waals surface area contributed by atoms with Gasteiger partial charge in [0.2, 0.25) is 17.0 Å². The van der Waals surface area contributed by atoms with E-state index in [0.717, 1.165) is 35.6 Å². The minimum absolute atomic E-state index is 0.0800. The molecule has 0 aliphatic heterocycles. The van der Waals surface area contributed by atoms with E-state index in [4.69, 9.17) is 9.47 Å². The fourth-order valence-corrected chi connectivity index (χ4v) is 5.28. The Morgan fingerprint density at radius 3 is 2.10 bits per heavy atom. The minimum atomic E-state index is -4.59. The maximum absolute atomic E-state index is 15.7. The van der Waals surface area contributed by atoms with Gasteiger partial charge in [0.05, 0.1) is 17.4 Å². The molecule has 1 amide bonds. The van der Waals surface area contributed by atoms with Gasteiger partial charge in [0.1, 0.15) is 6.61 Å². The van der Waals surface area contributed by atoms with Crippen LogP contribution < -0.4 is 14.8 Å². The minimum Gasteiger partial charge on any atom is -0.486 e. The molecule has 252 valence electrons. The third-order valence-electron chi connectivity index (χ3n) is 6.69. The molecular formula is C32H24F5NO9S. The second kappa shape index (κ2) is 14.1. The van der Waals surface area contributed by atoms with Crippen LogP contribution in [0.2, 0.25) is 0 Å². The van der Waals surface area contributed by atoms with Gasteiger partial charge in [-0.2, -0.15) is 17.6 Å². The number of halogens is 5. The zero-order valence-corrected chi connectivity index (χ0v) is 25.6. The van der Waals surface area contributed by atoms with Crippen molar-refractivity contribution in [3.8, 4) is 22.6 Å².